The van der Waals surface area contributed by atoms with Crippen molar-refractivity contribution in [2.24, 2.45) is 5.84 Å². The molecule has 0 amide bonds. The molecule has 0 fully saturated rings. The van der Waals surface area contributed by atoms with E-state index in [1.165, 1.54) is 0 Å². The molecule has 0 aliphatic rings. The van der Waals surface area contributed by atoms with Crippen LogP contribution < -0.4 is 10.9 Å². The number of rotatable bonds is 4. The lowest BCUT2D eigenvalue weighted by Gasteiger charge is -2.19. The highest BCUT2D eigenvalue weighted by atomic mass is 15.4. The number of hydrogen-bond acceptors (Lipinski definition) is 2. The first-order valence-corrected chi connectivity index (χ1v) is 4.34. The van der Waals surface area contributed by atoms with Gasteiger partial charge in [-0.3, -0.25) is 5.01 Å². The molecule has 1 rings (SSSR count). The van der Waals surface area contributed by atoms with Crippen LogP contribution in [0.3, 0.4) is 0 Å². The Labute approximate surface area is 84.6 Å². The molecule has 14 heavy (non-hydrogen) atoms. The van der Waals surface area contributed by atoms with E-state index in [9.17, 15) is 0 Å². The normalized spacial score (nSPS) is 10.8. The summed E-state index contributed by atoms with van der Waals surface area (Å²) < 4.78 is 0. The van der Waals surface area contributed by atoms with Crippen LogP contribution in [-0.2, 0) is 0 Å². The molecule has 0 saturated heterocycles. The van der Waals surface area contributed by atoms with E-state index in [4.69, 9.17) is 5.84 Å². The SMILES string of the molecule is C=C/C=C(\C=C)N(N)c1ccccc1. The van der Waals surface area contributed by atoms with E-state index in [2.05, 4.69) is 13.2 Å². The van der Waals surface area contributed by atoms with Crippen LogP contribution in [0.2, 0.25) is 0 Å². The molecular weight excluding hydrogens is 172 g/mol. The minimum absolute atomic E-state index is 0.811. The summed E-state index contributed by atoms with van der Waals surface area (Å²) in [6.07, 6.45) is 5.18. The predicted molar refractivity (Wildman–Crippen MR) is 61.6 cm³/mol. The first kappa shape index (κ1) is 10.3. The van der Waals surface area contributed by atoms with E-state index in [-0.39, 0.29) is 0 Å². The highest BCUT2D eigenvalue weighted by molar-refractivity contribution is 5.52. The third kappa shape index (κ3) is 2.34. The molecule has 0 heterocycles. The van der Waals surface area contributed by atoms with Crippen LogP contribution in [-0.4, -0.2) is 0 Å². The smallest absolute Gasteiger partial charge is 0.0575 e. The quantitative estimate of drug-likeness (QED) is 0.445. The van der Waals surface area contributed by atoms with E-state index >= 15 is 0 Å². The lowest BCUT2D eigenvalue weighted by Crippen LogP contribution is -2.28. The number of nitrogens with zero attached hydrogens (tertiary/aromatic N) is 1. The van der Waals surface area contributed by atoms with Crippen LogP contribution in [0, 0.1) is 0 Å². The highest BCUT2D eigenvalue weighted by Gasteiger charge is 2.01. The van der Waals surface area contributed by atoms with Crippen molar-refractivity contribution in [2.75, 3.05) is 5.01 Å². The van der Waals surface area contributed by atoms with E-state index in [1.54, 1.807) is 23.2 Å². The Morgan fingerprint density at radius 2 is 1.86 bits per heavy atom. The summed E-state index contributed by atoms with van der Waals surface area (Å²) in [5.74, 6) is 5.88. The van der Waals surface area contributed by atoms with E-state index in [0.717, 1.165) is 11.4 Å². The average molecular weight is 186 g/mol. The van der Waals surface area contributed by atoms with Gasteiger partial charge in [-0.15, -0.1) is 0 Å². The Hall–Kier alpha value is -1.80. The van der Waals surface area contributed by atoms with Crippen molar-refractivity contribution >= 4 is 5.69 Å². The Balaban J connectivity index is 2.94. The monoisotopic (exact) mass is 186 g/mol. The fraction of sp³-hybridized carbons (Fsp3) is 0. The molecule has 0 spiro atoms. The van der Waals surface area contributed by atoms with Gasteiger partial charge in [0.2, 0.25) is 0 Å². The molecule has 0 aliphatic heterocycles. The molecule has 0 unspecified atom stereocenters. The number of nitrogens with two attached hydrogens (primary N) is 1. The molecule has 0 bridgehead atoms. The van der Waals surface area contributed by atoms with Gasteiger partial charge in [-0.1, -0.05) is 37.4 Å². The van der Waals surface area contributed by atoms with Crippen LogP contribution in [0.15, 0.2) is 67.4 Å². The van der Waals surface area contributed by atoms with Gasteiger partial charge in [0.15, 0.2) is 0 Å². The van der Waals surface area contributed by atoms with Gasteiger partial charge < -0.3 is 0 Å². The maximum atomic E-state index is 5.88. The summed E-state index contributed by atoms with van der Waals surface area (Å²) in [4.78, 5) is 0. The van der Waals surface area contributed by atoms with Crippen molar-refractivity contribution in [1.29, 1.82) is 0 Å². The van der Waals surface area contributed by atoms with E-state index in [0.29, 0.717) is 0 Å². The fourth-order valence-corrected chi connectivity index (χ4v) is 1.11. The van der Waals surface area contributed by atoms with Crippen molar-refractivity contribution in [2.45, 2.75) is 0 Å². The number of hydrogen-bond donors (Lipinski definition) is 1. The third-order valence-electron chi connectivity index (χ3n) is 1.81. The number of benzene rings is 1. The topological polar surface area (TPSA) is 29.3 Å². The van der Waals surface area contributed by atoms with Crippen molar-refractivity contribution in [3.05, 3.63) is 67.4 Å². The van der Waals surface area contributed by atoms with E-state index < -0.39 is 0 Å². The Bertz CT molecular complexity index is 339. The molecule has 0 atom stereocenters. The van der Waals surface area contributed by atoms with Crippen molar-refractivity contribution in [3.8, 4) is 0 Å². The Morgan fingerprint density at radius 3 is 2.36 bits per heavy atom. The van der Waals surface area contributed by atoms with Gasteiger partial charge in [0, 0.05) is 0 Å². The minimum Gasteiger partial charge on any atom is -0.280 e. The molecule has 2 N–H and O–H groups in total. The van der Waals surface area contributed by atoms with Gasteiger partial charge in [0.05, 0.1) is 11.4 Å². The first-order valence-electron chi connectivity index (χ1n) is 4.34. The first-order chi connectivity index (χ1) is 6.79. The van der Waals surface area contributed by atoms with Crippen molar-refractivity contribution in [3.63, 3.8) is 0 Å². The number of allylic oxidation sites excluding steroid dienone is 3. The molecule has 0 aromatic heterocycles. The molecule has 0 aliphatic carbocycles. The maximum Gasteiger partial charge on any atom is 0.0575 e. The Morgan fingerprint density at radius 1 is 1.21 bits per heavy atom. The second-order valence-electron chi connectivity index (χ2n) is 2.74. The van der Waals surface area contributed by atoms with Gasteiger partial charge >= 0.3 is 0 Å². The summed E-state index contributed by atoms with van der Waals surface area (Å²) in [6, 6.07) is 9.68. The summed E-state index contributed by atoms with van der Waals surface area (Å²) in [6.45, 7) is 7.31. The van der Waals surface area contributed by atoms with Crippen LogP contribution in [0.5, 0.6) is 0 Å². The van der Waals surface area contributed by atoms with Crippen LogP contribution in [0.1, 0.15) is 0 Å². The molecule has 1 aromatic carbocycles. The van der Waals surface area contributed by atoms with Crippen molar-refractivity contribution in [1.82, 2.24) is 0 Å². The van der Waals surface area contributed by atoms with Crippen LogP contribution in [0.25, 0.3) is 0 Å². The average Bonchev–Trinajstić information content (AvgIpc) is 2.26. The Kier molecular flexibility index (Phi) is 3.70. The summed E-state index contributed by atoms with van der Waals surface area (Å²) >= 11 is 0. The molecule has 2 heteroatoms. The molecule has 0 saturated carbocycles. The van der Waals surface area contributed by atoms with Gasteiger partial charge in [-0.2, -0.15) is 0 Å². The molecule has 0 radical (unpaired) electrons. The number of hydrazine groups is 1. The summed E-state index contributed by atoms with van der Waals surface area (Å²) in [5, 5.41) is 1.56. The van der Waals surface area contributed by atoms with Gasteiger partial charge in [0.1, 0.15) is 0 Å². The maximum absolute atomic E-state index is 5.88. The zero-order valence-electron chi connectivity index (χ0n) is 8.06. The van der Waals surface area contributed by atoms with Gasteiger partial charge in [-0.05, 0) is 24.3 Å². The lowest BCUT2D eigenvalue weighted by atomic mass is 10.3. The second kappa shape index (κ2) is 5.04. The van der Waals surface area contributed by atoms with Crippen LogP contribution >= 0.6 is 0 Å². The summed E-state index contributed by atoms with van der Waals surface area (Å²) in [5.41, 5.74) is 1.73. The van der Waals surface area contributed by atoms with Crippen LogP contribution in [0.4, 0.5) is 5.69 Å². The zero-order valence-corrected chi connectivity index (χ0v) is 8.06. The number of para-hydroxylation sites is 1. The molecular formula is C12H14N2. The molecule has 2 nitrogen and oxygen atoms in total. The standard InChI is InChI=1S/C12H14N2/c1-3-8-11(4-2)14(13)12-9-6-5-7-10-12/h3-10H,1-2,13H2/b11-8+. The third-order valence-corrected chi connectivity index (χ3v) is 1.81. The van der Waals surface area contributed by atoms with Gasteiger partial charge in [0.25, 0.3) is 0 Å². The number of anilines is 1. The van der Waals surface area contributed by atoms with Gasteiger partial charge in [-0.25, -0.2) is 5.84 Å². The molecule has 1 aromatic rings. The van der Waals surface area contributed by atoms with Crippen molar-refractivity contribution < 1.29 is 0 Å². The largest absolute Gasteiger partial charge is 0.280 e. The minimum atomic E-state index is 0.811. The van der Waals surface area contributed by atoms with E-state index in [1.807, 2.05) is 30.3 Å². The zero-order chi connectivity index (χ0) is 10.4. The summed E-state index contributed by atoms with van der Waals surface area (Å²) in [7, 11) is 0. The molecule has 72 valence electrons. The lowest BCUT2D eigenvalue weighted by molar-refractivity contribution is 1.03. The fourth-order valence-electron chi connectivity index (χ4n) is 1.11. The second-order valence-corrected chi connectivity index (χ2v) is 2.74. The highest BCUT2D eigenvalue weighted by Crippen LogP contribution is 2.14. The predicted octanol–water partition coefficient (Wildman–Crippen LogP) is 2.62.